The number of hydrogen-bond acceptors (Lipinski definition) is 1. The van der Waals surface area contributed by atoms with Crippen molar-refractivity contribution >= 4 is 5.78 Å². The lowest BCUT2D eigenvalue weighted by molar-refractivity contribution is 0.0975. The molecule has 0 N–H and O–H groups in total. The fourth-order valence-electron chi connectivity index (χ4n) is 1.19. The van der Waals surface area contributed by atoms with Gasteiger partial charge < -0.3 is 0 Å². The van der Waals surface area contributed by atoms with E-state index in [1.807, 2.05) is 30.3 Å². The normalized spacial score (nSPS) is 10.4. The maximum atomic E-state index is 11.5. The van der Waals surface area contributed by atoms with Crippen LogP contribution in [0, 0.1) is 5.92 Å². The molecule has 70 valence electrons. The molecule has 0 heterocycles. The molecule has 0 fully saturated rings. The molecular weight excluding hydrogens is 160 g/mol. The Kier molecular flexibility index (Phi) is 3.69. The molecule has 0 amide bonds. The Balaban J connectivity index is 2.50. The molecule has 1 aromatic rings. The Morgan fingerprint density at radius 2 is 1.85 bits per heavy atom. The van der Waals surface area contributed by atoms with Gasteiger partial charge in [-0.15, -0.1) is 0 Å². The van der Waals surface area contributed by atoms with E-state index in [1.165, 1.54) is 0 Å². The van der Waals surface area contributed by atoms with Crippen LogP contribution in [0.15, 0.2) is 30.3 Å². The van der Waals surface area contributed by atoms with E-state index < -0.39 is 0 Å². The maximum absolute atomic E-state index is 11.5. The van der Waals surface area contributed by atoms with E-state index in [-0.39, 0.29) is 5.78 Å². The Labute approximate surface area is 79.8 Å². The SMILES string of the molecule is CC(C)CCC(=O)c1ccccc1. The molecule has 0 unspecified atom stereocenters. The van der Waals surface area contributed by atoms with Gasteiger partial charge in [-0.1, -0.05) is 44.2 Å². The summed E-state index contributed by atoms with van der Waals surface area (Å²) in [4.78, 5) is 11.5. The number of hydrogen-bond donors (Lipinski definition) is 0. The smallest absolute Gasteiger partial charge is 0.162 e. The zero-order valence-electron chi connectivity index (χ0n) is 8.29. The van der Waals surface area contributed by atoms with Gasteiger partial charge in [-0.2, -0.15) is 0 Å². The fraction of sp³-hybridized carbons (Fsp3) is 0.417. The van der Waals surface area contributed by atoms with Crippen LogP contribution < -0.4 is 0 Å². The summed E-state index contributed by atoms with van der Waals surface area (Å²) in [6, 6.07) is 9.50. The molecule has 0 saturated carbocycles. The van der Waals surface area contributed by atoms with Gasteiger partial charge in [-0.25, -0.2) is 0 Å². The Morgan fingerprint density at radius 3 is 2.38 bits per heavy atom. The molecule has 1 nitrogen and oxygen atoms in total. The first-order chi connectivity index (χ1) is 6.20. The van der Waals surface area contributed by atoms with E-state index in [9.17, 15) is 4.79 Å². The summed E-state index contributed by atoms with van der Waals surface area (Å²) in [5.74, 6) is 0.863. The summed E-state index contributed by atoms with van der Waals surface area (Å²) < 4.78 is 0. The highest BCUT2D eigenvalue weighted by atomic mass is 16.1. The van der Waals surface area contributed by atoms with Crippen LogP contribution in [-0.4, -0.2) is 5.78 Å². The standard InChI is InChI=1S/C12H16O/c1-10(2)8-9-12(13)11-6-4-3-5-7-11/h3-7,10H,8-9H2,1-2H3. The van der Waals surface area contributed by atoms with Gasteiger partial charge in [0.2, 0.25) is 0 Å². The molecule has 1 heteroatoms. The summed E-state index contributed by atoms with van der Waals surface area (Å²) in [7, 11) is 0. The van der Waals surface area contributed by atoms with Crippen LogP contribution in [0.3, 0.4) is 0 Å². The first kappa shape index (κ1) is 9.97. The van der Waals surface area contributed by atoms with Gasteiger partial charge in [-0.3, -0.25) is 4.79 Å². The van der Waals surface area contributed by atoms with Crippen molar-refractivity contribution in [2.75, 3.05) is 0 Å². The number of carbonyl (C=O) groups excluding carboxylic acids is 1. The van der Waals surface area contributed by atoms with Crippen LogP contribution in [0.1, 0.15) is 37.0 Å². The lowest BCUT2D eigenvalue weighted by Gasteiger charge is -2.03. The summed E-state index contributed by atoms with van der Waals surface area (Å²) >= 11 is 0. The Morgan fingerprint density at radius 1 is 1.23 bits per heavy atom. The lowest BCUT2D eigenvalue weighted by Crippen LogP contribution is -2.00. The molecule has 13 heavy (non-hydrogen) atoms. The molecule has 0 bridgehead atoms. The zero-order valence-corrected chi connectivity index (χ0v) is 8.29. The molecular formula is C12H16O. The minimum Gasteiger partial charge on any atom is -0.294 e. The van der Waals surface area contributed by atoms with Crippen LogP contribution in [0.25, 0.3) is 0 Å². The summed E-state index contributed by atoms with van der Waals surface area (Å²) in [5.41, 5.74) is 0.836. The van der Waals surface area contributed by atoms with Gasteiger partial charge in [0.15, 0.2) is 5.78 Å². The average Bonchev–Trinajstić information content (AvgIpc) is 2.15. The van der Waals surface area contributed by atoms with Crippen LogP contribution in [0.4, 0.5) is 0 Å². The molecule has 0 radical (unpaired) electrons. The van der Waals surface area contributed by atoms with Crippen molar-refractivity contribution in [3.63, 3.8) is 0 Å². The topological polar surface area (TPSA) is 17.1 Å². The highest BCUT2D eigenvalue weighted by Crippen LogP contribution is 2.09. The van der Waals surface area contributed by atoms with Crippen molar-refractivity contribution in [2.45, 2.75) is 26.7 Å². The lowest BCUT2D eigenvalue weighted by atomic mass is 10.0. The fourth-order valence-corrected chi connectivity index (χ4v) is 1.19. The molecule has 0 aliphatic carbocycles. The second kappa shape index (κ2) is 4.80. The van der Waals surface area contributed by atoms with E-state index in [1.54, 1.807) is 0 Å². The third-order valence-electron chi connectivity index (χ3n) is 2.04. The highest BCUT2D eigenvalue weighted by Gasteiger charge is 2.05. The summed E-state index contributed by atoms with van der Waals surface area (Å²) in [6.45, 7) is 4.27. The van der Waals surface area contributed by atoms with Crippen LogP contribution in [0.5, 0.6) is 0 Å². The predicted molar refractivity (Wildman–Crippen MR) is 54.8 cm³/mol. The van der Waals surface area contributed by atoms with Gasteiger partial charge >= 0.3 is 0 Å². The summed E-state index contributed by atoms with van der Waals surface area (Å²) in [6.07, 6.45) is 1.65. The van der Waals surface area contributed by atoms with Crippen molar-refractivity contribution in [2.24, 2.45) is 5.92 Å². The van der Waals surface area contributed by atoms with Gasteiger partial charge in [0.1, 0.15) is 0 Å². The number of Topliss-reactive ketones (excluding diaryl/α,β-unsaturated/α-hetero) is 1. The van der Waals surface area contributed by atoms with Gasteiger partial charge in [-0.05, 0) is 12.3 Å². The van der Waals surface area contributed by atoms with Gasteiger partial charge in [0, 0.05) is 12.0 Å². The minimum atomic E-state index is 0.259. The van der Waals surface area contributed by atoms with E-state index in [0.717, 1.165) is 12.0 Å². The van der Waals surface area contributed by atoms with Gasteiger partial charge in [0.25, 0.3) is 0 Å². The van der Waals surface area contributed by atoms with E-state index in [2.05, 4.69) is 13.8 Å². The zero-order chi connectivity index (χ0) is 9.68. The second-order valence-electron chi connectivity index (χ2n) is 3.72. The second-order valence-corrected chi connectivity index (χ2v) is 3.72. The number of rotatable bonds is 4. The molecule has 0 aliphatic heterocycles. The van der Waals surface area contributed by atoms with E-state index in [0.29, 0.717) is 12.3 Å². The molecule has 1 rings (SSSR count). The van der Waals surface area contributed by atoms with E-state index >= 15 is 0 Å². The van der Waals surface area contributed by atoms with Crippen molar-refractivity contribution in [3.05, 3.63) is 35.9 Å². The van der Waals surface area contributed by atoms with E-state index in [4.69, 9.17) is 0 Å². The monoisotopic (exact) mass is 176 g/mol. The average molecular weight is 176 g/mol. The number of ketones is 1. The van der Waals surface area contributed by atoms with Gasteiger partial charge in [0.05, 0.1) is 0 Å². The molecule has 0 aliphatic rings. The van der Waals surface area contributed by atoms with Crippen molar-refractivity contribution in [3.8, 4) is 0 Å². The number of carbonyl (C=O) groups is 1. The molecule has 0 saturated heterocycles. The van der Waals surface area contributed by atoms with Crippen LogP contribution >= 0.6 is 0 Å². The van der Waals surface area contributed by atoms with Crippen molar-refractivity contribution < 1.29 is 4.79 Å². The molecule has 1 aromatic carbocycles. The van der Waals surface area contributed by atoms with Crippen LogP contribution in [-0.2, 0) is 0 Å². The molecule has 0 atom stereocenters. The largest absolute Gasteiger partial charge is 0.294 e. The molecule has 0 aromatic heterocycles. The minimum absolute atomic E-state index is 0.259. The Hall–Kier alpha value is -1.11. The first-order valence-electron chi connectivity index (χ1n) is 4.78. The quantitative estimate of drug-likeness (QED) is 0.643. The van der Waals surface area contributed by atoms with Crippen molar-refractivity contribution in [1.82, 2.24) is 0 Å². The predicted octanol–water partition coefficient (Wildman–Crippen LogP) is 3.31. The maximum Gasteiger partial charge on any atom is 0.162 e. The third kappa shape index (κ3) is 3.41. The number of benzene rings is 1. The Bertz CT molecular complexity index is 262. The third-order valence-corrected chi connectivity index (χ3v) is 2.04. The highest BCUT2D eigenvalue weighted by molar-refractivity contribution is 5.95. The van der Waals surface area contributed by atoms with Crippen LogP contribution in [0.2, 0.25) is 0 Å². The summed E-state index contributed by atoms with van der Waals surface area (Å²) in [5, 5.41) is 0. The molecule has 0 spiro atoms. The van der Waals surface area contributed by atoms with Crippen molar-refractivity contribution in [1.29, 1.82) is 0 Å². The first-order valence-corrected chi connectivity index (χ1v) is 4.78.